The summed E-state index contributed by atoms with van der Waals surface area (Å²) in [6.07, 6.45) is 3.49. The first-order valence-corrected chi connectivity index (χ1v) is 7.23. The molecule has 21 heavy (non-hydrogen) atoms. The highest BCUT2D eigenvalue weighted by atomic mass is 16.3. The van der Waals surface area contributed by atoms with Crippen LogP contribution in [0.1, 0.15) is 30.3 Å². The molecule has 7 nitrogen and oxygen atoms in total. The van der Waals surface area contributed by atoms with Gasteiger partial charge in [-0.3, -0.25) is 14.5 Å². The summed E-state index contributed by atoms with van der Waals surface area (Å²) in [6.45, 7) is 3.26. The Morgan fingerprint density at radius 1 is 1.19 bits per heavy atom. The molecule has 1 aromatic heterocycles. The lowest BCUT2D eigenvalue weighted by atomic mass is 10.1. The van der Waals surface area contributed by atoms with Gasteiger partial charge in [-0.15, -0.1) is 0 Å². The molecule has 2 atom stereocenters. The summed E-state index contributed by atoms with van der Waals surface area (Å²) in [5.74, 6) is -1.52. The van der Waals surface area contributed by atoms with Gasteiger partial charge in [0, 0.05) is 18.6 Å². The van der Waals surface area contributed by atoms with Crippen molar-refractivity contribution in [3.8, 4) is 11.5 Å². The molecule has 0 aromatic carbocycles. The number of rotatable bonds is 1. The van der Waals surface area contributed by atoms with Gasteiger partial charge in [0.25, 0.3) is 11.3 Å². The Morgan fingerprint density at radius 3 is 2.57 bits per heavy atom. The Bertz CT molecular complexity index is 694. The van der Waals surface area contributed by atoms with Gasteiger partial charge in [0.2, 0.25) is 0 Å². The van der Waals surface area contributed by atoms with Gasteiger partial charge in [-0.05, 0) is 19.8 Å². The Morgan fingerprint density at radius 2 is 1.90 bits per heavy atom. The largest absolute Gasteiger partial charge is 0.503 e. The standard InChI is InChI=1S/C14H17N3O4/c1-7-4-16(8-2-3-8)10-6-15-5-9(18)12(19)13(20)11(15)14(21)17(7)10/h5,7-8,10,18,20H,2-4,6H2,1H3/t7-,10+/m0/s1. The summed E-state index contributed by atoms with van der Waals surface area (Å²) >= 11 is 0. The monoisotopic (exact) mass is 291 g/mol. The van der Waals surface area contributed by atoms with Crippen molar-refractivity contribution in [1.29, 1.82) is 0 Å². The molecule has 3 aliphatic rings. The van der Waals surface area contributed by atoms with Gasteiger partial charge in [-0.1, -0.05) is 0 Å². The van der Waals surface area contributed by atoms with E-state index in [-0.39, 0.29) is 23.8 Å². The van der Waals surface area contributed by atoms with Gasteiger partial charge in [0.1, 0.15) is 6.17 Å². The lowest BCUT2D eigenvalue weighted by molar-refractivity contribution is 0.0441. The van der Waals surface area contributed by atoms with E-state index < -0.39 is 16.9 Å². The van der Waals surface area contributed by atoms with Gasteiger partial charge in [-0.25, -0.2) is 0 Å². The van der Waals surface area contributed by atoms with E-state index >= 15 is 0 Å². The van der Waals surface area contributed by atoms with Crippen LogP contribution in [0.3, 0.4) is 0 Å². The van der Waals surface area contributed by atoms with E-state index in [4.69, 9.17) is 0 Å². The summed E-state index contributed by atoms with van der Waals surface area (Å²) in [7, 11) is 0. The van der Waals surface area contributed by atoms with Crippen molar-refractivity contribution in [3.05, 3.63) is 22.1 Å². The van der Waals surface area contributed by atoms with Crippen molar-refractivity contribution in [2.75, 3.05) is 6.54 Å². The molecular formula is C14H17N3O4. The summed E-state index contributed by atoms with van der Waals surface area (Å²) in [6, 6.07) is 0.582. The van der Waals surface area contributed by atoms with Crippen LogP contribution in [0.5, 0.6) is 11.5 Å². The minimum atomic E-state index is -0.890. The Hall–Kier alpha value is -2.02. The first kappa shape index (κ1) is 12.7. The van der Waals surface area contributed by atoms with Crippen LogP contribution in [-0.4, -0.2) is 55.3 Å². The van der Waals surface area contributed by atoms with Crippen molar-refractivity contribution in [3.63, 3.8) is 0 Å². The maximum absolute atomic E-state index is 12.7. The average molecular weight is 291 g/mol. The van der Waals surface area contributed by atoms with E-state index in [0.717, 1.165) is 19.4 Å². The molecule has 1 saturated heterocycles. The zero-order valence-electron chi connectivity index (χ0n) is 11.7. The zero-order valence-corrected chi connectivity index (χ0v) is 11.7. The molecule has 1 aromatic rings. The molecule has 3 heterocycles. The van der Waals surface area contributed by atoms with Gasteiger partial charge in [-0.2, -0.15) is 0 Å². The van der Waals surface area contributed by atoms with Gasteiger partial charge < -0.3 is 19.7 Å². The number of carbonyl (C=O) groups excluding carboxylic acids is 1. The number of fused-ring (bicyclic) bond motifs is 2. The molecule has 1 amide bonds. The molecule has 2 aliphatic heterocycles. The third kappa shape index (κ3) is 1.64. The van der Waals surface area contributed by atoms with Gasteiger partial charge in [0.05, 0.1) is 12.7 Å². The number of amides is 1. The predicted octanol–water partition coefficient (Wildman–Crippen LogP) is -0.0921. The highest BCUT2D eigenvalue weighted by Gasteiger charge is 2.49. The number of aromatic hydroxyl groups is 2. The maximum atomic E-state index is 12.7. The van der Waals surface area contributed by atoms with E-state index in [1.54, 1.807) is 4.90 Å². The second kappa shape index (κ2) is 4.00. The smallest absolute Gasteiger partial charge is 0.276 e. The van der Waals surface area contributed by atoms with E-state index in [0.29, 0.717) is 12.6 Å². The molecule has 112 valence electrons. The molecule has 2 N–H and O–H groups in total. The Labute approximate surface area is 121 Å². The fraction of sp³-hybridized carbons (Fsp3) is 0.571. The number of nitrogens with zero attached hydrogens (tertiary/aromatic N) is 3. The molecule has 0 bridgehead atoms. The summed E-state index contributed by atoms with van der Waals surface area (Å²) < 4.78 is 1.50. The van der Waals surface area contributed by atoms with Crippen molar-refractivity contribution < 1.29 is 15.0 Å². The molecule has 2 fully saturated rings. The van der Waals surface area contributed by atoms with E-state index in [2.05, 4.69) is 4.90 Å². The number of carbonyl (C=O) groups is 1. The van der Waals surface area contributed by atoms with Gasteiger partial charge >= 0.3 is 0 Å². The fourth-order valence-corrected chi connectivity index (χ4v) is 3.60. The highest BCUT2D eigenvalue weighted by molar-refractivity contribution is 5.96. The Balaban J connectivity index is 1.84. The average Bonchev–Trinajstić information content (AvgIpc) is 3.21. The quantitative estimate of drug-likeness (QED) is 0.755. The third-order valence-corrected chi connectivity index (χ3v) is 4.70. The second-order valence-electron chi connectivity index (χ2n) is 6.16. The van der Waals surface area contributed by atoms with Crippen LogP contribution in [0, 0.1) is 0 Å². The van der Waals surface area contributed by atoms with Crippen molar-refractivity contribution >= 4 is 5.91 Å². The molecule has 1 aliphatic carbocycles. The highest BCUT2D eigenvalue weighted by Crippen LogP contribution is 2.38. The lowest BCUT2D eigenvalue weighted by Crippen LogP contribution is -2.52. The number of hydrogen-bond donors (Lipinski definition) is 2. The normalized spacial score (nSPS) is 28.6. The summed E-state index contributed by atoms with van der Waals surface area (Å²) in [5.41, 5.74) is -0.905. The molecule has 7 heteroatoms. The molecule has 0 radical (unpaired) electrons. The van der Waals surface area contributed by atoms with Crippen molar-refractivity contribution in [2.24, 2.45) is 0 Å². The maximum Gasteiger partial charge on any atom is 0.276 e. The van der Waals surface area contributed by atoms with Crippen LogP contribution in [0.25, 0.3) is 0 Å². The molecular weight excluding hydrogens is 274 g/mol. The van der Waals surface area contributed by atoms with Gasteiger partial charge in [0.15, 0.2) is 17.2 Å². The molecule has 0 spiro atoms. The van der Waals surface area contributed by atoms with Crippen LogP contribution in [0.2, 0.25) is 0 Å². The first-order chi connectivity index (χ1) is 9.99. The van der Waals surface area contributed by atoms with Crippen LogP contribution in [0.15, 0.2) is 11.0 Å². The first-order valence-electron chi connectivity index (χ1n) is 7.23. The summed E-state index contributed by atoms with van der Waals surface area (Å²) in [4.78, 5) is 28.4. The minimum Gasteiger partial charge on any atom is -0.503 e. The number of hydrogen-bond acceptors (Lipinski definition) is 5. The van der Waals surface area contributed by atoms with Crippen LogP contribution in [0.4, 0.5) is 0 Å². The summed E-state index contributed by atoms with van der Waals surface area (Å²) in [5, 5.41) is 19.5. The van der Waals surface area contributed by atoms with E-state index in [1.807, 2.05) is 6.92 Å². The fourth-order valence-electron chi connectivity index (χ4n) is 3.60. The molecule has 4 rings (SSSR count). The topological polar surface area (TPSA) is 86.0 Å². The van der Waals surface area contributed by atoms with Crippen LogP contribution in [-0.2, 0) is 6.54 Å². The predicted molar refractivity (Wildman–Crippen MR) is 73.2 cm³/mol. The molecule has 0 unspecified atom stereocenters. The number of pyridine rings is 1. The van der Waals surface area contributed by atoms with E-state index in [1.165, 1.54) is 10.8 Å². The molecule has 1 saturated carbocycles. The van der Waals surface area contributed by atoms with Crippen molar-refractivity contribution in [2.45, 2.75) is 44.6 Å². The lowest BCUT2D eigenvalue weighted by Gasteiger charge is -2.37. The van der Waals surface area contributed by atoms with E-state index in [9.17, 15) is 19.8 Å². The number of aromatic nitrogens is 1. The van der Waals surface area contributed by atoms with Crippen molar-refractivity contribution in [1.82, 2.24) is 14.4 Å². The van der Waals surface area contributed by atoms with Crippen LogP contribution < -0.4 is 5.43 Å². The Kier molecular flexibility index (Phi) is 2.42. The SMILES string of the molecule is C[C@H]1CN(C2CC2)[C@H]2Cn3cc(O)c(=O)c(O)c3C(=O)N21. The zero-order chi connectivity index (χ0) is 14.9. The minimum absolute atomic E-state index is 0.0152. The van der Waals surface area contributed by atoms with Crippen LogP contribution >= 0.6 is 0 Å². The third-order valence-electron chi connectivity index (χ3n) is 4.70. The second-order valence-corrected chi connectivity index (χ2v) is 6.16.